The Balaban J connectivity index is 0. The molecule has 0 aliphatic rings. The Morgan fingerprint density at radius 3 is 1.30 bits per heavy atom. The summed E-state index contributed by atoms with van der Waals surface area (Å²) in [5.74, 6) is 0. The van der Waals surface area contributed by atoms with Gasteiger partial charge in [-0.05, 0) is 38.1 Å². The van der Waals surface area contributed by atoms with Crippen LogP contribution in [0.25, 0.3) is 0 Å². The van der Waals surface area contributed by atoms with Gasteiger partial charge in [0.1, 0.15) is 0 Å². The predicted octanol–water partition coefficient (Wildman–Crippen LogP) is -4.61. The van der Waals surface area contributed by atoms with Crippen LogP contribution in [-0.2, 0) is 18.2 Å². The van der Waals surface area contributed by atoms with E-state index in [-0.39, 0.29) is 127 Å². The number of hydrogen-bond acceptors (Lipinski definition) is 4. The van der Waals surface area contributed by atoms with Crippen molar-refractivity contribution in [1.82, 2.24) is 0 Å². The molecule has 0 fully saturated rings. The second-order valence-corrected chi connectivity index (χ2v) is 7.02. The molecule has 10 heteroatoms. The first-order valence-corrected chi connectivity index (χ1v) is 8.55. The zero-order chi connectivity index (χ0) is 13.8. The molecule has 0 aromatic heterocycles. The Labute approximate surface area is 203 Å². The van der Waals surface area contributed by atoms with Crippen LogP contribution in [-0.4, -0.2) is 23.0 Å². The Bertz CT molecular complexity index is 448. The van der Waals surface area contributed by atoms with Gasteiger partial charge in [0, 0.05) is 0 Å². The van der Waals surface area contributed by atoms with E-state index in [9.17, 15) is 18.9 Å². The van der Waals surface area contributed by atoms with E-state index >= 15 is 0 Å². The molecule has 1 aromatic carbocycles. The second-order valence-electron chi connectivity index (χ2n) is 3.39. The SMILES string of the molecule is CCOP(=O)(O)c1ccc(P(=O)(O)OCC)cc1.[K+].[K+]. The fourth-order valence-corrected chi connectivity index (χ4v) is 3.38. The van der Waals surface area contributed by atoms with Crippen molar-refractivity contribution in [3.8, 4) is 0 Å². The molecule has 0 radical (unpaired) electrons. The van der Waals surface area contributed by atoms with E-state index < -0.39 is 15.2 Å². The molecule has 0 amide bonds. The first kappa shape index (κ1) is 25.0. The van der Waals surface area contributed by atoms with Crippen molar-refractivity contribution in [3.05, 3.63) is 24.3 Å². The first-order chi connectivity index (χ1) is 8.33. The number of benzene rings is 1. The smallest absolute Gasteiger partial charge is 0.321 e. The fourth-order valence-electron chi connectivity index (χ4n) is 1.33. The third-order valence-corrected chi connectivity index (χ3v) is 5.23. The van der Waals surface area contributed by atoms with Gasteiger partial charge in [0.05, 0.1) is 23.8 Å². The summed E-state index contributed by atoms with van der Waals surface area (Å²) in [6, 6.07) is 5.14. The summed E-state index contributed by atoms with van der Waals surface area (Å²) in [4.78, 5) is 19.1. The van der Waals surface area contributed by atoms with Crippen LogP contribution in [0, 0.1) is 0 Å². The molecule has 2 N–H and O–H groups in total. The summed E-state index contributed by atoms with van der Waals surface area (Å²) in [6.45, 7) is 3.42. The first-order valence-electron chi connectivity index (χ1n) is 5.39. The second kappa shape index (κ2) is 11.4. The molecule has 2 atom stereocenters. The van der Waals surface area contributed by atoms with E-state index in [1.807, 2.05) is 0 Å². The van der Waals surface area contributed by atoms with Gasteiger partial charge in [-0.1, -0.05) is 0 Å². The summed E-state index contributed by atoms with van der Waals surface area (Å²) in [6.07, 6.45) is 0. The average Bonchev–Trinajstić information content (AvgIpc) is 2.29. The molecule has 0 aliphatic heterocycles. The third kappa shape index (κ3) is 7.57. The van der Waals surface area contributed by atoms with Crippen LogP contribution in [0.2, 0.25) is 0 Å². The molecule has 20 heavy (non-hydrogen) atoms. The predicted molar refractivity (Wildman–Crippen MR) is 68.6 cm³/mol. The van der Waals surface area contributed by atoms with Crippen LogP contribution in [0.4, 0.5) is 0 Å². The third-order valence-electron chi connectivity index (χ3n) is 2.11. The largest absolute Gasteiger partial charge is 1.00 e. The Hall–Kier alpha value is 2.79. The molecule has 6 nitrogen and oxygen atoms in total. The monoisotopic (exact) mass is 372 g/mol. The summed E-state index contributed by atoms with van der Waals surface area (Å²) < 4.78 is 32.8. The van der Waals surface area contributed by atoms with Crippen LogP contribution in [0.5, 0.6) is 0 Å². The molecule has 1 rings (SSSR count). The minimum absolute atomic E-state index is 0. The van der Waals surface area contributed by atoms with Crippen LogP contribution < -0.4 is 113 Å². The van der Waals surface area contributed by atoms with Crippen molar-refractivity contribution < 1.29 is 131 Å². The van der Waals surface area contributed by atoms with Gasteiger partial charge in [0.25, 0.3) is 0 Å². The van der Waals surface area contributed by atoms with Crippen molar-refractivity contribution in [2.24, 2.45) is 0 Å². The van der Waals surface area contributed by atoms with Gasteiger partial charge < -0.3 is 18.8 Å². The maximum atomic E-state index is 11.7. The molecule has 0 heterocycles. The fraction of sp³-hybridized carbons (Fsp3) is 0.400. The van der Waals surface area contributed by atoms with Crippen molar-refractivity contribution in [1.29, 1.82) is 0 Å². The molecule has 0 bridgehead atoms. The topological polar surface area (TPSA) is 93.1 Å². The van der Waals surface area contributed by atoms with E-state index in [1.165, 1.54) is 24.3 Å². The molecular weight excluding hydrogens is 356 g/mol. The molecule has 102 valence electrons. The van der Waals surface area contributed by atoms with E-state index in [1.54, 1.807) is 13.8 Å². The van der Waals surface area contributed by atoms with Crippen LogP contribution in [0.3, 0.4) is 0 Å². The molecule has 0 saturated carbocycles. The average molecular weight is 372 g/mol. The zero-order valence-corrected chi connectivity index (χ0v) is 20.2. The summed E-state index contributed by atoms with van der Waals surface area (Å²) >= 11 is 0. The molecule has 0 spiro atoms. The maximum absolute atomic E-state index is 11.7. The van der Waals surface area contributed by atoms with E-state index in [4.69, 9.17) is 9.05 Å². The number of rotatable bonds is 6. The zero-order valence-electron chi connectivity index (χ0n) is 12.1. The normalized spacial score (nSPS) is 16.2. The van der Waals surface area contributed by atoms with Crippen LogP contribution in [0.15, 0.2) is 24.3 Å². The van der Waals surface area contributed by atoms with E-state index in [2.05, 4.69) is 0 Å². The van der Waals surface area contributed by atoms with Crippen LogP contribution >= 0.6 is 15.2 Å². The minimum atomic E-state index is -3.84. The van der Waals surface area contributed by atoms with Gasteiger partial charge >= 0.3 is 118 Å². The minimum Gasteiger partial charge on any atom is -0.321 e. The Morgan fingerprint density at radius 2 is 1.10 bits per heavy atom. The van der Waals surface area contributed by atoms with Gasteiger partial charge in [0.15, 0.2) is 0 Å². The van der Waals surface area contributed by atoms with Crippen molar-refractivity contribution >= 4 is 25.8 Å². The maximum Gasteiger partial charge on any atom is 1.00 e. The quantitative estimate of drug-likeness (QED) is 0.386. The van der Waals surface area contributed by atoms with E-state index in [0.29, 0.717) is 0 Å². The Kier molecular flexibility index (Phi) is 14.2. The van der Waals surface area contributed by atoms with E-state index in [0.717, 1.165) is 0 Å². The summed E-state index contributed by atoms with van der Waals surface area (Å²) in [7, 11) is -7.69. The molecule has 0 aliphatic carbocycles. The van der Waals surface area contributed by atoms with Gasteiger partial charge in [-0.15, -0.1) is 0 Å². The summed E-state index contributed by atoms with van der Waals surface area (Å²) in [5.41, 5.74) is 0. The van der Waals surface area contributed by atoms with Crippen molar-refractivity contribution in [2.75, 3.05) is 13.2 Å². The summed E-state index contributed by atoms with van der Waals surface area (Å²) in [5, 5.41) is 0.147. The van der Waals surface area contributed by atoms with Crippen molar-refractivity contribution in [3.63, 3.8) is 0 Å². The van der Waals surface area contributed by atoms with Gasteiger partial charge in [-0.3, -0.25) is 9.13 Å². The standard InChI is InChI=1S/C10H16O6P2.2K/c1-3-15-17(11,12)9-5-7-10(8-6-9)18(13,14)16-4-2;;/h5-8H,3-4H2,1-2H3,(H,11,12)(H,13,14);;/q;2*+1. The molecule has 0 saturated heterocycles. The van der Waals surface area contributed by atoms with Gasteiger partial charge in [-0.2, -0.15) is 0 Å². The van der Waals surface area contributed by atoms with Crippen LogP contribution in [0.1, 0.15) is 13.8 Å². The van der Waals surface area contributed by atoms with Gasteiger partial charge in [-0.25, -0.2) is 0 Å². The van der Waals surface area contributed by atoms with Gasteiger partial charge in [0.2, 0.25) is 0 Å². The molecule has 2 unspecified atom stereocenters. The molecule has 1 aromatic rings. The number of hydrogen-bond donors (Lipinski definition) is 2. The van der Waals surface area contributed by atoms with Crippen molar-refractivity contribution in [2.45, 2.75) is 13.8 Å². The molecular formula is C10H16K2O6P2+2. The Morgan fingerprint density at radius 1 is 0.850 bits per heavy atom.